The van der Waals surface area contributed by atoms with Crippen LogP contribution in [-0.2, 0) is 11.8 Å². The van der Waals surface area contributed by atoms with Crippen molar-refractivity contribution in [3.05, 3.63) is 113 Å². The molecule has 1 atom stereocenters. The molecule has 0 spiro atoms. The molecule has 1 fully saturated rings. The van der Waals surface area contributed by atoms with Crippen molar-refractivity contribution in [2.75, 3.05) is 32.7 Å². The van der Waals surface area contributed by atoms with E-state index in [2.05, 4.69) is 95.5 Å². The summed E-state index contributed by atoms with van der Waals surface area (Å²) in [5.41, 5.74) is 4.70. The van der Waals surface area contributed by atoms with Crippen LogP contribution in [0.4, 0.5) is 0 Å². The average molecular weight is 498 g/mol. The second-order valence-corrected chi connectivity index (χ2v) is 9.95. The first-order chi connectivity index (χ1) is 17.6. The van der Waals surface area contributed by atoms with Crippen LogP contribution in [0.3, 0.4) is 0 Å². The highest BCUT2D eigenvalue weighted by Crippen LogP contribution is 2.35. The highest BCUT2D eigenvalue weighted by Gasteiger charge is 2.27. The molecule has 5 rings (SSSR count). The number of halogens is 1. The lowest BCUT2D eigenvalue weighted by atomic mass is 9.87. The molecule has 1 amide bonds. The summed E-state index contributed by atoms with van der Waals surface area (Å²) in [6.45, 7) is 4.22. The van der Waals surface area contributed by atoms with E-state index in [4.69, 9.17) is 11.6 Å². The Morgan fingerprint density at radius 1 is 0.917 bits per heavy atom. The van der Waals surface area contributed by atoms with Crippen LogP contribution in [-0.4, -0.2) is 53.0 Å². The average Bonchev–Trinajstić information content (AvgIpc) is 3.25. The van der Waals surface area contributed by atoms with E-state index in [1.54, 1.807) is 0 Å². The number of aryl methyl sites for hydroxylation is 1. The number of rotatable bonds is 7. The van der Waals surface area contributed by atoms with Gasteiger partial charge in [0.2, 0.25) is 5.91 Å². The van der Waals surface area contributed by atoms with Gasteiger partial charge < -0.3 is 9.47 Å². The molecule has 1 aromatic heterocycles. The first-order valence-corrected chi connectivity index (χ1v) is 13.0. The first kappa shape index (κ1) is 24.4. The molecule has 3 aromatic carbocycles. The Bertz CT molecular complexity index is 1340. The van der Waals surface area contributed by atoms with Crippen LogP contribution >= 0.6 is 11.6 Å². The molecule has 5 heteroatoms. The molecular formula is C31H32ClN3O. The lowest BCUT2D eigenvalue weighted by Gasteiger charge is -2.35. The van der Waals surface area contributed by atoms with E-state index in [1.165, 1.54) is 22.0 Å². The Kier molecular flexibility index (Phi) is 7.55. The number of carbonyl (C=O) groups excluding carboxylic acids is 1. The van der Waals surface area contributed by atoms with Gasteiger partial charge in [0, 0.05) is 74.2 Å². The van der Waals surface area contributed by atoms with E-state index >= 15 is 0 Å². The van der Waals surface area contributed by atoms with E-state index in [0.717, 1.165) is 38.3 Å². The fourth-order valence-electron chi connectivity index (χ4n) is 5.14. The quantitative estimate of drug-likeness (QED) is 0.303. The Balaban J connectivity index is 1.27. The Morgan fingerprint density at radius 3 is 2.36 bits per heavy atom. The van der Waals surface area contributed by atoms with Crippen LogP contribution in [0.1, 0.15) is 29.0 Å². The minimum Gasteiger partial charge on any atom is -0.350 e. The zero-order chi connectivity index (χ0) is 24.9. The molecule has 1 aliphatic heterocycles. The number of fused-ring (bicyclic) bond motifs is 1. The lowest BCUT2D eigenvalue weighted by Crippen LogP contribution is -2.48. The predicted octanol–water partition coefficient (Wildman–Crippen LogP) is 6.21. The Labute approximate surface area is 218 Å². The number of amides is 1. The number of nitrogens with zero attached hydrogens (tertiary/aromatic N) is 3. The van der Waals surface area contributed by atoms with Crippen molar-refractivity contribution in [2.45, 2.75) is 12.3 Å². The fourth-order valence-corrected chi connectivity index (χ4v) is 5.26. The molecule has 0 N–H and O–H groups in total. The molecule has 4 nitrogen and oxygen atoms in total. The zero-order valence-corrected chi connectivity index (χ0v) is 21.4. The van der Waals surface area contributed by atoms with Crippen LogP contribution < -0.4 is 0 Å². The van der Waals surface area contributed by atoms with Gasteiger partial charge in [0.1, 0.15) is 0 Å². The molecule has 0 bridgehead atoms. The smallest absolute Gasteiger partial charge is 0.223 e. The minimum atomic E-state index is -0.0206. The lowest BCUT2D eigenvalue weighted by molar-refractivity contribution is -0.133. The molecule has 0 radical (unpaired) electrons. The number of piperazine rings is 1. The first-order valence-electron chi connectivity index (χ1n) is 12.6. The van der Waals surface area contributed by atoms with Gasteiger partial charge in [0.25, 0.3) is 0 Å². The number of benzene rings is 3. The summed E-state index contributed by atoms with van der Waals surface area (Å²) < 4.78 is 2.15. The maximum atomic E-state index is 13.5. The number of hydrogen-bond acceptors (Lipinski definition) is 2. The van der Waals surface area contributed by atoms with E-state index in [9.17, 15) is 4.79 Å². The third-order valence-corrected chi connectivity index (χ3v) is 7.40. The van der Waals surface area contributed by atoms with Crippen molar-refractivity contribution >= 4 is 34.5 Å². The molecule has 1 saturated heterocycles. The summed E-state index contributed by atoms with van der Waals surface area (Å²) in [6, 6.07) is 26.7. The van der Waals surface area contributed by atoms with E-state index in [0.29, 0.717) is 11.4 Å². The van der Waals surface area contributed by atoms with E-state index in [-0.39, 0.29) is 11.8 Å². The number of aromatic nitrogens is 1. The Hall–Kier alpha value is -3.34. The Morgan fingerprint density at radius 2 is 1.61 bits per heavy atom. The van der Waals surface area contributed by atoms with Gasteiger partial charge in [0.15, 0.2) is 0 Å². The van der Waals surface area contributed by atoms with Crippen molar-refractivity contribution < 1.29 is 4.79 Å². The van der Waals surface area contributed by atoms with Crippen LogP contribution in [0.15, 0.2) is 91.1 Å². The monoisotopic (exact) mass is 497 g/mol. The summed E-state index contributed by atoms with van der Waals surface area (Å²) in [7, 11) is 2.07. The molecule has 1 aliphatic rings. The van der Waals surface area contributed by atoms with Gasteiger partial charge in [-0.3, -0.25) is 9.69 Å². The van der Waals surface area contributed by atoms with Gasteiger partial charge in [-0.1, -0.05) is 84.4 Å². The van der Waals surface area contributed by atoms with Crippen LogP contribution in [0, 0.1) is 0 Å². The van der Waals surface area contributed by atoms with Gasteiger partial charge in [0.05, 0.1) is 0 Å². The van der Waals surface area contributed by atoms with Crippen molar-refractivity contribution in [3.8, 4) is 0 Å². The van der Waals surface area contributed by atoms with Gasteiger partial charge in [-0.2, -0.15) is 0 Å². The third-order valence-electron chi connectivity index (χ3n) is 7.15. The van der Waals surface area contributed by atoms with E-state index < -0.39 is 0 Å². The molecule has 2 heterocycles. The maximum absolute atomic E-state index is 13.5. The SMILES string of the molecule is Cn1cc([C@H](CC(=O)N2CCN(C/C=C/c3ccccc3)CC2)c2ccc(Cl)cc2)c2ccccc21. The number of carbonyl (C=O) groups is 1. The highest BCUT2D eigenvalue weighted by molar-refractivity contribution is 6.30. The van der Waals surface area contributed by atoms with Gasteiger partial charge in [-0.15, -0.1) is 0 Å². The zero-order valence-electron chi connectivity index (χ0n) is 20.7. The fraction of sp³-hybridized carbons (Fsp3) is 0.258. The molecule has 0 aliphatic carbocycles. The molecule has 4 aromatic rings. The second kappa shape index (κ2) is 11.2. The van der Waals surface area contributed by atoms with Crippen LogP contribution in [0.5, 0.6) is 0 Å². The topological polar surface area (TPSA) is 28.5 Å². The van der Waals surface area contributed by atoms with Crippen molar-refractivity contribution in [3.63, 3.8) is 0 Å². The molecule has 0 saturated carbocycles. The second-order valence-electron chi connectivity index (χ2n) is 9.52. The predicted molar refractivity (Wildman–Crippen MR) is 149 cm³/mol. The van der Waals surface area contributed by atoms with E-state index in [1.807, 2.05) is 23.1 Å². The maximum Gasteiger partial charge on any atom is 0.223 e. The number of para-hydroxylation sites is 1. The largest absolute Gasteiger partial charge is 0.350 e. The molecule has 0 unspecified atom stereocenters. The van der Waals surface area contributed by atoms with Gasteiger partial charge in [-0.25, -0.2) is 0 Å². The summed E-state index contributed by atoms with van der Waals surface area (Å²) in [5, 5.41) is 1.90. The third kappa shape index (κ3) is 5.56. The standard InChI is InChI=1S/C31H32ClN3O/c1-33-23-29(27-11-5-6-12-30(27)33)28(25-13-15-26(32)16-14-25)22-31(36)35-20-18-34(19-21-35)17-7-10-24-8-3-2-4-9-24/h2-16,23,28H,17-22H2,1H3/b10-7+/t28-/m1/s1. The summed E-state index contributed by atoms with van der Waals surface area (Å²) in [6.07, 6.45) is 7.00. The van der Waals surface area contributed by atoms with Crippen LogP contribution in [0.2, 0.25) is 5.02 Å². The highest BCUT2D eigenvalue weighted by atomic mass is 35.5. The van der Waals surface area contributed by atoms with Gasteiger partial charge in [-0.05, 0) is 34.9 Å². The molecule has 184 valence electrons. The summed E-state index contributed by atoms with van der Waals surface area (Å²) in [4.78, 5) is 18.0. The summed E-state index contributed by atoms with van der Waals surface area (Å²) >= 11 is 6.18. The van der Waals surface area contributed by atoms with Crippen LogP contribution in [0.25, 0.3) is 17.0 Å². The minimum absolute atomic E-state index is 0.0206. The van der Waals surface area contributed by atoms with Crippen molar-refractivity contribution in [2.24, 2.45) is 7.05 Å². The van der Waals surface area contributed by atoms with Gasteiger partial charge >= 0.3 is 0 Å². The molecule has 36 heavy (non-hydrogen) atoms. The summed E-state index contributed by atoms with van der Waals surface area (Å²) in [5.74, 6) is 0.190. The van der Waals surface area contributed by atoms with Crippen molar-refractivity contribution in [1.29, 1.82) is 0 Å². The number of hydrogen-bond donors (Lipinski definition) is 0. The normalized spacial score (nSPS) is 15.6. The molecular weight excluding hydrogens is 466 g/mol. The van der Waals surface area contributed by atoms with Crippen molar-refractivity contribution in [1.82, 2.24) is 14.4 Å².